The fraction of sp³-hybridized carbons (Fsp3) is 0.867. The van der Waals surface area contributed by atoms with E-state index in [0.29, 0.717) is 6.54 Å². The summed E-state index contributed by atoms with van der Waals surface area (Å²) in [5, 5.41) is 8.89. The predicted octanol–water partition coefficient (Wildman–Crippen LogP) is 2.67. The summed E-state index contributed by atoms with van der Waals surface area (Å²) in [6.45, 7) is 3.54. The molecule has 108 valence electrons. The average Bonchev–Trinajstić information content (AvgIpc) is 2.38. The molecule has 1 saturated carbocycles. The van der Waals surface area contributed by atoms with Crippen molar-refractivity contribution in [2.75, 3.05) is 13.1 Å². The second kappa shape index (κ2) is 5.93. The Morgan fingerprint density at radius 2 is 1.89 bits per heavy atom. The summed E-state index contributed by atoms with van der Waals surface area (Å²) in [5.74, 6) is -0.340. The van der Waals surface area contributed by atoms with Crippen LogP contribution in [0.15, 0.2) is 0 Å². The molecule has 0 aromatic carbocycles. The van der Waals surface area contributed by atoms with E-state index in [1.54, 1.807) is 0 Å². The highest BCUT2D eigenvalue weighted by Gasteiger charge is 2.39. The van der Waals surface area contributed by atoms with Gasteiger partial charge in [-0.25, -0.2) is 0 Å². The smallest absolute Gasteiger partial charge is 0.303 e. The standard InChI is InChI=1S/C15H25NO3/c1-15(7-3-2-4-8-15)14(19)16-9-5-6-12(11-16)10-13(17)18/h12H,2-11H2,1H3,(H,17,18). The summed E-state index contributed by atoms with van der Waals surface area (Å²) in [6, 6.07) is 0. The minimum atomic E-state index is -0.747. The molecule has 1 aliphatic heterocycles. The first kappa shape index (κ1) is 14.4. The Morgan fingerprint density at radius 3 is 2.53 bits per heavy atom. The van der Waals surface area contributed by atoms with Gasteiger partial charge in [0.25, 0.3) is 0 Å². The van der Waals surface area contributed by atoms with E-state index in [-0.39, 0.29) is 23.7 Å². The topological polar surface area (TPSA) is 57.6 Å². The first-order valence-corrected chi connectivity index (χ1v) is 7.52. The van der Waals surface area contributed by atoms with Crippen molar-refractivity contribution in [1.82, 2.24) is 4.90 Å². The second-order valence-corrected chi connectivity index (χ2v) is 6.48. The fourth-order valence-electron chi connectivity index (χ4n) is 3.59. The maximum absolute atomic E-state index is 12.7. The summed E-state index contributed by atoms with van der Waals surface area (Å²) in [4.78, 5) is 25.4. The van der Waals surface area contributed by atoms with Crippen molar-refractivity contribution in [3.63, 3.8) is 0 Å². The number of likely N-dealkylation sites (tertiary alicyclic amines) is 1. The molecule has 0 spiro atoms. The van der Waals surface area contributed by atoms with Crippen LogP contribution in [0.4, 0.5) is 0 Å². The maximum Gasteiger partial charge on any atom is 0.303 e. The zero-order chi connectivity index (χ0) is 13.9. The number of amides is 1. The van der Waals surface area contributed by atoms with Crippen molar-refractivity contribution < 1.29 is 14.7 Å². The number of carboxylic acid groups (broad SMARTS) is 1. The number of nitrogens with zero attached hydrogens (tertiary/aromatic N) is 1. The van der Waals surface area contributed by atoms with Gasteiger partial charge in [0, 0.05) is 24.9 Å². The number of hydrogen-bond donors (Lipinski definition) is 1. The van der Waals surface area contributed by atoms with Gasteiger partial charge in [0.15, 0.2) is 0 Å². The van der Waals surface area contributed by atoms with Crippen molar-refractivity contribution in [2.24, 2.45) is 11.3 Å². The summed E-state index contributed by atoms with van der Waals surface area (Å²) >= 11 is 0. The molecular weight excluding hydrogens is 242 g/mol. The summed E-state index contributed by atoms with van der Waals surface area (Å²) in [7, 11) is 0. The number of carboxylic acids is 1. The first-order chi connectivity index (χ1) is 9.01. The largest absolute Gasteiger partial charge is 0.481 e. The summed E-state index contributed by atoms with van der Waals surface area (Å²) < 4.78 is 0. The minimum absolute atomic E-state index is 0.141. The Kier molecular flexibility index (Phi) is 4.48. The Bertz CT molecular complexity index is 347. The van der Waals surface area contributed by atoms with E-state index in [0.717, 1.165) is 45.1 Å². The number of piperidine rings is 1. The Balaban J connectivity index is 1.96. The van der Waals surface area contributed by atoms with Crippen LogP contribution in [0.25, 0.3) is 0 Å². The van der Waals surface area contributed by atoms with Gasteiger partial charge >= 0.3 is 5.97 Å². The Morgan fingerprint density at radius 1 is 1.21 bits per heavy atom. The van der Waals surface area contributed by atoms with E-state index >= 15 is 0 Å². The molecule has 2 aliphatic rings. The molecule has 1 saturated heterocycles. The van der Waals surface area contributed by atoms with Gasteiger partial charge in [0.05, 0.1) is 0 Å². The van der Waals surface area contributed by atoms with Crippen molar-refractivity contribution in [2.45, 2.75) is 58.3 Å². The highest BCUT2D eigenvalue weighted by atomic mass is 16.4. The van der Waals surface area contributed by atoms with Crippen LogP contribution in [-0.4, -0.2) is 35.0 Å². The first-order valence-electron chi connectivity index (χ1n) is 7.52. The second-order valence-electron chi connectivity index (χ2n) is 6.48. The van der Waals surface area contributed by atoms with Gasteiger partial charge in [0.1, 0.15) is 0 Å². The quantitative estimate of drug-likeness (QED) is 0.855. The van der Waals surface area contributed by atoms with Gasteiger partial charge in [-0.15, -0.1) is 0 Å². The van der Waals surface area contributed by atoms with E-state index in [1.165, 1.54) is 6.42 Å². The van der Waals surface area contributed by atoms with E-state index in [4.69, 9.17) is 5.11 Å². The van der Waals surface area contributed by atoms with Gasteiger partial charge < -0.3 is 10.0 Å². The van der Waals surface area contributed by atoms with Gasteiger partial charge in [-0.05, 0) is 31.6 Å². The van der Waals surface area contributed by atoms with Crippen molar-refractivity contribution in [3.8, 4) is 0 Å². The van der Waals surface area contributed by atoms with Crippen molar-refractivity contribution in [1.29, 1.82) is 0 Å². The van der Waals surface area contributed by atoms with E-state index in [1.807, 2.05) is 4.90 Å². The molecule has 0 aromatic rings. The molecule has 1 aliphatic carbocycles. The van der Waals surface area contributed by atoms with Crippen molar-refractivity contribution in [3.05, 3.63) is 0 Å². The number of hydrogen-bond acceptors (Lipinski definition) is 2. The number of rotatable bonds is 3. The van der Waals surface area contributed by atoms with E-state index < -0.39 is 5.97 Å². The number of carbonyl (C=O) groups excluding carboxylic acids is 1. The lowest BCUT2D eigenvalue weighted by Gasteiger charge is -2.40. The third-order valence-corrected chi connectivity index (χ3v) is 4.74. The Labute approximate surface area is 115 Å². The molecule has 0 radical (unpaired) electrons. The highest BCUT2D eigenvalue weighted by Crippen LogP contribution is 2.38. The van der Waals surface area contributed by atoms with Crippen LogP contribution >= 0.6 is 0 Å². The molecule has 19 heavy (non-hydrogen) atoms. The molecule has 0 bridgehead atoms. The van der Waals surface area contributed by atoms with Crippen LogP contribution < -0.4 is 0 Å². The monoisotopic (exact) mass is 267 g/mol. The molecule has 1 unspecified atom stereocenters. The molecule has 1 heterocycles. The SMILES string of the molecule is CC1(C(=O)N2CCCC(CC(=O)O)C2)CCCCC1. The molecule has 2 rings (SSSR count). The summed E-state index contributed by atoms with van der Waals surface area (Å²) in [6.07, 6.45) is 7.60. The molecule has 1 atom stereocenters. The van der Waals surface area contributed by atoms with Gasteiger partial charge in [-0.2, -0.15) is 0 Å². The fourth-order valence-corrected chi connectivity index (χ4v) is 3.59. The van der Waals surface area contributed by atoms with Crippen molar-refractivity contribution >= 4 is 11.9 Å². The number of aliphatic carboxylic acids is 1. The average molecular weight is 267 g/mol. The van der Waals surface area contributed by atoms with E-state index in [9.17, 15) is 9.59 Å². The lowest BCUT2D eigenvalue weighted by Crippen LogP contribution is -2.48. The predicted molar refractivity (Wildman–Crippen MR) is 72.7 cm³/mol. The zero-order valence-electron chi connectivity index (χ0n) is 11.9. The third kappa shape index (κ3) is 3.48. The minimum Gasteiger partial charge on any atom is -0.481 e. The van der Waals surface area contributed by atoms with Crippen LogP contribution in [0.3, 0.4) is 0 Å². The lowest BCUT2D eigenvalue weighted by molar-refractivity contribution is -0.147. The normalized spacial score (nSPS) is 27.0. The van der Waals surface area contributed by atoms with Gasteiger partial charge in [0.2, 0.25) is 5.91 Å². The molecular formula is C15H25NO3. The van der Waals surface area contributed by atoms with Crippen LogP contribution in [0.2, 0.25) is 0 Å². The van der Waals surface area contributed by atoms with Crippen LogP contribution in [0.5, 0.6) is 0 Å². The molecule has 2 fully saturated rings. The molecule has 4 nitrogen and oxygen atoms in total. The van der Waals surface area contributed by atoms with Crippen LogP contribution in [0.1, 0.15) is 58.3 Å². The zero-order valence-corrected chi connectivity index (χ0v) is 11.9. The molecule has 0 aromatic heterocycles. The molecule has 1 N–H and O–H groups in total. The lowest BCUT2D eigenvalue weighted by atomic mass is 9.74. The third-order valence-electron chi connectivity index (χ3n) is 4.74. The summed E-state index contributed by atoms with van der Waals surface area (Å²) in [5.41, 5.74) is -0.191. The van der Waals surface area contributed by atoms with Crippen LogP contribution in [0, 0.1) is 11.3 Å². The highest BCUT2D eigenvalue weighted by molar-refractivity contribution is 5.82. The van der Waals surface area contributed by atoms with Gasteiger partial charge in [-0.3, -0.25) is 9.59 Å². The van der Waals surface area contributed by atoms with Gasteiger partial charge in [-0.1, -0.05) is 26.2 Å². The van der Waals surface area contributed by atoms with Crippen LogP contribution in [-0.2, 0) is 9.59 Å². The van der Waals surface area contributed by atoms with E-state index in [2.05, 4.69) is 6.92 Å². The molecule has 1 amide bonds. The molecule has 4 heteroatoms. The maximum atomic E-state index is 12.7. The Hall–Kier alpha value is -1.06. The number of carbonyl (C=O) groups is 2.